The Kier molecular flexibility index (Phi) is 40.3. The van der Waals surface area contributed by atoms with Crippen molar-refractivity contribution in [2.75, 3.05) is 33.0 Å². The van der Waals surface area contributed by atoms with E-state index in [1.54, 1.807) is 0 Å². The number of allylic oxidation sites excluding steroid dienone is 14. The van der Waals surface area contributed by atoms with E-state index >= 15 is 0 Å². The first-order chi connectivity index (χ1) is 35.1. The van der Waals surface area contributed by atoms with E-state index < -0.39 is 80.7 Å². The van der Waals surface area contributed by atoms with Crippen molar-refractivity contribution in [3.8, 4) is 0 Å². The van der Waals surface area contributed by atoms with Gasteiger partial charge < -0.3 is 64.2 Å². The molecule has 0 amide bonds. The topological polar surface area (TPSA) is 214 Å². The van der Waals surface area contributed by atoms with E-state index in [9.17, 15) is 40.5 Å². The monoisotopic (exact) mass is 1020 g/mol. The Labute approximate surface area is 433 Å². The fourth-order valence-electron chi connectivity index (χ4n) is 8.21. The van der Waals surface area contributed by atoms with Gasteiger partial charge in [0.15, 0.2) is 12.6 Å². The van der Waals surface area contributed by atoms with Crippen molar-refractivity contribution in [3.05, 3.63) is 85.1 Å². The van der Waals surface area contributed by atoms with Gasteiger partial charge in [0.1, 0.15) is 54.9 Å². The van der Waals surface area contributed by atoms with Gasteiger partial charge in [-0.25, -0.2) is 0 Å². The third kappa shape index (κ3) is 31.1. The van der Waals surface area contributed by atoms with Crippen molar-refractivity contribution in [1.29, 1.82) is 0 Å². The molecular formula is C58H98O14. The number of esters is 1. The van der Waals surface area contributed by atoms with Crippen LogP contribution in [-0.4, -0.2) is 142 Å². The minimum Gasteiger partial charge on any atom is -0.457 e. The average Bonchev–Trinajstić information content (AvgIpc) is 3.38. The second kappa shape index (κ2) is 44.5. The van der Waals surface area contributed by atoms with Crippen LogP contribution in [0, 0.1) is 0 Å². The summed E-state index contributed by atoms with van der Waals surface area (Å²) in [4.78, 5) is 13.0. The number of hydrogen-bond acceptors (Lipinski definition) is 14. The van der Waals surface area contributed by atoms with Crippen LogP contribution in [0.5, 0.6) is 0 Å². The Hall–Kier alpha value is -2.83. The van der Waals surface area contributed by atoms with Gasteiger partial charge in [-0.1, -0.05) is 182 Å². The third-order valence-electron chi connectivity index (χ3n) is 12.7. The maximum atomic E-state index is 13.0. The largest absolute Gasteiger partial charge is 0.457 e. The van der Waals surface area contributed by atoms with E-state index in [0.717, 1.165) is 96.3 Å². The number of aliphatic hydroxyl groups excluding tert-OH is 7. The molecule has 14 heteroatoms. The standard InChI is InChI=1S/C58H98O14/c1-3-5-7-9-11-13-15-17-18-19-20-21-22-23-24-25-26-27-28-29-30-32-34-36-38-40-42-67-44-47(70-50(60)41-39-37-35-33-31-16-14-12-10-8-6-4-2)45-68-57-56(66)54(64)52(62)49(72-57)46-69-58-55(65)53(63)51(61)48(43-59)71-58/h5,7,11,13,17-18,20-21,23-24,26-27,29-30,47-49,51-59,61-66H,3-4,6,8-10,12,14-16,19,22,25,28,31-46H2,1-2H3/b7-5-,13-11-,18-17-,21-20-,24-23-,27-26-,30-29-. The lowest BCUT2D eigenvalue weighted by molar-refractivity contribution is -0.332. The van der Waals surface area contributed by atoms with E-state index in [-0.39, 0.29) is 25.6 Å². The first-order valence-corrected chi connectivity index (χ1v) is 27.7. The minimum absolute atomic E-state index is 0.0408. The number of rotatable bonds is 43. The number of hydrogen-bond donors (Lipinski definition) is 7. The molecule has 2 rings (SSSR count). The van der Waals surface area contributed by atoms with Gasteiger partial charge in [0.05, 0.1) is 26.4 Å². The molecular weight excluding hydrogens is 921 g/mol. The quantitative estimate of drug-likeness (QED) is 0.0172. The average molecular weight is 1020 g/mol. The summed E-state index contributed by atoms with van der Waals surface area (Å²) >= 11 is 0. The van der Waals surface area contributed by atoms with Gasteiger partial charge in [-0.05, 0) is 70.6 Å². The number of ether oxygens (including phenoxy) is 6. The smallest absolute Gasteiger partial charge is 0.306 e. The molecule has 0 spiro atoms. The molecule has 11 atom stereocenters. The summed E-state index contributed by atoms with van der Waals surface area (Å²) in [5.41, 5.74) is 0. The number of unbranched alkanes of at least 4 members (excludes halogenated alkanes) is 15. The summed E-state index contributed by atoms with van der Waals surface area (Å²) in [5.74, 6) is -0.389. The maximum Gasteiger partial charge on any atom is 0.306 e. The second-order valence-electron chi connectivity index (χ2n) is 19.0. The van der Waals surface area contributed by atoms with Crippen molar-refractivity contribution in [2.45, 2.75) is 242 Å². The Morgan fingerprint density at radius 1 is 0.472 bits per heavy atom. The SMILES string of the molecule is CC/C=C\C/C=C\C/C=C\C/C=C\C/C=C\C/C=C\C/C=C\CCCCCCOCC(COC1OC(COC2OC(CO)C(O)C(O)C2O)C(O)C(O)C1O)OC(=O)CCCCCCCCCCCCCC. The molecule has 2 fully saturated rings. The number of carbonyl (C=O) groups excluding carboxylic acids is 1. The van der Waals surface area contributed by atoms with E-state index in [2.05, 4.69) is 98.9 Å². The molecule has 14 nitrogen and oxygen atoms in total. The molecule has 2 aliphatic rings. The first-order valence-electron chi connectivity index (χ1n) is 27.7. The summed E-state index contributed by atoms with van der Waals surface area (Å²) in [7, 11) is 0. The van der Waals surface area contributed by atoms with Gasteiger partial charge in [0.25, 0.3) is 0 Å². The Morgan fingerprint density at radius 3 is 1.42 bits per heavy atom. The molecule has 0 saturated carbocycles. The highest BCUT2D eigenvalue weighted by molar-refractivity contribution is 5.69. The molecule has 2 heterocycles. The molecule has 2 saturated heterocycles. The molecule has 72 heavy (non-hydrogen) atoms. The van der Waals surface area contributed by atoms with Crippen molar-refractivity contribution in [2.24, 2.45) is 0 Å². The lowest BCUT2D eigenvalue weighted by atomic mass is 9.98. The highest BCUT2D eigenvalue weighted by Gasteiger charge is 2.47. The minimum atomic E-state index is -1.71. The molecule has 0 aromatic rings. The van der Waals surface area contributed by atoms with Gasteiger partial charge in [0, 0.05) is 13.0 Å². The highest BCUT2D eigenvalue weighted by Crippen LogP contribution is 2.26. The molecule has 0 aromatic carbocycles. The Balaban J connectivity index is 1.72. The molecule has 0 aromatic heterocycles. The third-order valence-corrected chi connectivity index (χ3v) is 12.7. The Morgan fingerprint density at radius 2 is 0.903 bits per heavy atom. The molecule has 414 valence electrons. The summed E-state index contributed by atoms with van der Waals surface area (Å²) in [6.07, 6.45) is 40.8. The summed E-state index contributed by atoms with van der Waals surface area (Å²) in [5, 5.41) is 72.2. The zero-order valence-electron chi connectivity index (χ0n) is 44.1. The summed E-state index contributed by atoms with van der Waals surface area (Å²) in [6.45, 7) is 3.49. The zero-order chi connectivity index (χ0) is 52.3. The molecule has 11 unspecified atom stereocenters. The molecule has 0 bridgehead atoms. The van der Waals surface area contributed by atoms with E-state index in [4.69, 9.17) is 28.4 Å². The molecule has 0 radical (unpaired) electrons. The molecule has 0 aliphatic carbocycles. The van der Waals surface area contributed by atoms with Crippen LogP contribution in [0.25, 0.3) is 0 Å². The maximum absolute atomic E-state index is 13.0. The molecule has 7 N–H and O–H groups in total. The van der Waals surface area contributed by atoms with Crippen molar-refractivity contribution in [3.63, 3.8) is 0 Å². The van der Waals surface area contributed by atoms with Crippen molar-refractivity contribution in [1.82, 2.24) is 0 Å². The fourth-order valence-corrected chi connectivity index (χ4v) is 8.21. The summed E-state index contributed by atoms with van der Waals surface area (Å²) in [6, 6.07) is 0. The number of carbonyl (C=O) groups is 1. The first kappa shape index (κ1) is 65.3. The van der Waals surface area contributed by atoms with Crippen LogP contribution in [0.4, 0.5) is 0 Å². The van der Waals surface area contributed by atoms with Gasteiger partial charge in [-0.3, -0.25) is 4.79 Å². The van der Waals surface area contributed by atoms with Crippen LogP contribution >= 0.6 is 0 Å². The summed E-state index contributed by atoms with van der Waals surface area (Å²) < 4.78 is 34.3. The van der Waals surface area contributed by atoms with Gasteiger partial charge in [-0.2, -0.15) is 0 Å². The van der Waals surface area contributed by atoms with E-state index in [1.807, 2.05) is 0 Å². The van der Waals surface area contributed by atoms with Crippen LogP contribution in [0.15, 0.2) is 85.1 Å². The van der Waals surface area contributed by atoms with E-state index in [1.165, 1.54) is 51.4 Å². The van der Waals surface area contributed by atoms with E-state index in [0.29, 0.717) is 13.0 Å². The predicted molar refractivity (Wildman–Crippen MR) is 284 cm³/mol. The van der Waals surface area contributed by atoms with Gasteiger partial charge in [0.2, 0.25) is 0 Å². The zero-order valence-corrected chi connectivity index (χ0v) is 44.1. The van der Waals surface area contributed by atoms with Crippen LogP contribution in [-0.2, 0) is 33.2 Å². The van der Waals surface area contributed by atoms with Crippen LogP contribution in [0.1, 0.15) is 174 Å². The fraction of sp³-hybridized carbons (Fsp3) is 0.741. The van der Waals surface area contributed by atoms with Crippen molar-refractivity contribution < 1.29 is 69.0 Å². The lowest BCUT2D eigenvalue weighted by Gasteiger charge is -2.42. The lowest BCUT2D eigenvalue weighted by Crippen LogP contribution is -2.61. The van der Waals surface area contributed by atoms with Crippen LogP contribution in [0.3, 0.4) is 0 Å². The van der Waals surface area contributed by atoms with Crippen LogP contribution < -0.4 is 0 Å². The molecule has 2 aliphatic heterocycles. The highest BCUT2D eigenvalue weighted by atomic mass is 16.7. The van der Waals surface area contributed by atoms with Crippen molar-refractivity contribution >= 4 is 5.97 Å². The second-order valence-corrected chi connectivity index (χ2v) is 19.0. The predicted octanol–water partition coefficient (Wildman–Crippen LogP) is 9.24. The van der Waals surface area contributed by atoms with Gasteiger partial charge >= 0.3 is 5.97 Å². The Bertz CT molecular complexity index is 1510. The normalized spacial score (nSPS) is 25.8. The van der Waals surface area contributed by atoms with Gasteiger partial charge in [-0.15, -0.1) is 0 Å². The van der Waals surface area contributed by atoms with Crippen LogP contribution in [0.2, 0.25) is 0 Å². The number of aliphatic hydroxyl groups is 7.